The molecule has 2 heterocycles. The lowest BCUT2D eigenvalue weighted by Crippen LogP contribution is -2.37. The van der Waals surface area contributed by atoms with Gasteiger partial charge in [0.2, 0.25) is 5.91 Å². The van der Waals surface area contributed by atoms with Crippen molar-refractivity contribution in [1.29, 1.82) is 0 Å². The summed E-state index contributed by atoms with van der Waals surface area (Å²) >= 11 is 0. The molecule has 0 radical (unpaired) electrons. The van der Waals surface area contributed by atoms with Gasteiger partial charge in [-0.25, -0.2) is 4.79 Å². The third kappa shape index (κ3) is 3.62. The lowest BCUT2D eigenvalue weighted by atomic mass is 9.94. The fraction of sp³-hybridized carbons (Fsp3) is 0.846. The Bertz CT molecular complexity index is 293. The zero-order chi connectivity index (χ0) is 12.8. The molecule has 3 aliphatic rings. The van der Waals surface area contributed by atoms with Gasteiger partial charge >= 0.3 is 6.09 Å². The van der Waals surface area contributed by atoms with Gasteiger partial charge in [-0.05, 0) is 19.3 Å². The Morgan fingerprint density at radius 2 is 1.89 bits per heavy atom. The molecule has 1 N–H and O–H groups in total. The number of hydrogen-bond acceptors (Lipinski definition) is 3. The molecule has 18 heavy (non-hydrogen) atoms. The minimum atomic E-state index is -0.296. The fourth-order valence-electron chi connectivity index (χ4n) is 2.80. The van der Waals surface area contributed by atoms with Crippen molar-refractivity contribution in [2.24, 2.45) is 0 Å². The molecule has 3 rings (SSSR count). The Morgan fingerprint density at radius 3 is 2.33 bits per heavy atom. The van der Waals surface area contributed by atoms with E-state index >= 15 is 0 Å². The lowest BCUT2D eigenvalue weighted by molar-refractivity contribution is -0.130. The van der Waals surface area contributed by atoms with Crippen LogP contribution in [0.5, 0.6) is 0 Å². The third-order valence-corrected chi connectivity index (χ3v) is 3.73. The van der Waals surface area contributed by atoms with Crippen LogP contribution in [0.15, 0.2) is 0 Å². The lowest BCUT2D eigenvalue weighted by Gasteiger charge is -2.30. The predicted octanol–water partition coefficient (Wildman–Crippen LogP) is 1.67. The van der Waals surface area contributed by atoms with Crippen LogP contribution < -0.4 is 5.32 Å². The van der Waals surface area contributed by atoms with Gasteiger partial charge in [0.15, 0.2) is 0 Å². The smallest absolute Gasteiger partial charge is 0.407 e. The van der Waals surface area contributed by atoms with Crippen LogP contribution in [-0.4, -0.2) is 42.6 Å². The molecule has 1 saturated carbocycles. The van der Waals surface area contributed by atoms with E-state index in [9.17, 15) is 9.59 Å². The molecule has 2 saturated heterocycles. The molecule has 5 heteroatoms. The topological polar surface area (TPSA) is 58.6 Å². The van der Waals surface area contributed by atoms with Crippen molar-refractivity contribution in [2.45, 2.75) is 51.0 Å². The van der Waals surface area contributed by atoms with Crippen molar-refractivity contribution in [3.63, 3.8) is 0 Å². The first kappa shape index (κ1) is 13.2. The van der Waals surface area contributed by atoms with Gasteiger partial charge in [0.05, 0.1) is 6.54 Å². The van der Waals surface area contributed by atoms with Gasteiger partial charge in [-0.3, -0.25) is 4.79 Å². The Kier molecular flexibility index (Phi) is 4.84. The van der Waals surface area contributed by atoms with Gasteiger partial charge in [0.1, 0.15) is 6.61 Å². The molecule has 0 bridgehead atoms. The summed E-state index contributed by atoms with van der Waals surface area (Å²) in [5.41, 5.74) is 0. The number of carbonyl (C=O) groups is 2. The van der Waals surface area contributed by atoms with E-state index in [4.69, 9.17) is 0 Å². The van der Waals surface area contributed by atoms with Gasteiger partial charge in [-0.15, -0.1) is 0 Å². The highest BCUT2D eigenvalue weighted by Crippen LogP contribution is 2.25. The average Bonchev–Trinajstić information content (AvgIpc) is 3.02. The Hall–Kier alpha value is -1.26. The van der Waals surface area contributed by atoms with Gasteiger partial charge in [-0.1, -0.05) is 19.3 Å². The number of carbonyl (C=O) groups excluding carboxylic acids is 2. The van der Waals surface area contributed by atoms with Crippen LogP contribution in [-0.2, 0) is 9.53 Å². The SMILES string of the molecule is O=C1CCCN1C1CCCCC1.O=C1NCCO1. The minimum absolute atomic E-state index is 0.296. The molecule has 0 unspecified atom stereocenters. The standard InChI is InChI=1S/C10H17NO.C3H5NO2/c12-10-7-4-8-11(10)9-5-2-1-3-6-9;5-3-4-1-2-6-3/h9H,1-8H2;1-2H2,(H,4,5). The second kappa shape index (κ2) is 6.61. The van der Waals surface area contributed by atoms with E-state index in [1.54, 1.807) is 0 Å². The zero-order valence-electron chi connectivity index (χ0n) is 10.8. The first-order valence-corrected chi connectivity index (χ1v) is 6.97. The van der Waals surface area contributed by atoms with Gasteiger partial charge in [0.25, 0.3) is 0 Å². The number of cyclic esters (lactones) is 1. The van der Waals surface area contributed by atoms with Crippen LogP contribution in [0.25, 0.3) is 0 Å². The number of amides is 2. The molecule has 3 fully saturated rings. The molecule has 0 aromatic heterocycles. The number of likely N-dealkylation sites (tertiary alicyclic amines) is 1. The summed E-state index contributed by atoms with van der Waals surface area (Å²) in [4.78, 5) is 23.4. The van der Waals surface area contributed by atoms with E-state index in [0.29, 0.717) is 25.1 Å². The Balaban J connectivity index is 0.000000169. The van der Waals surface area contributed by atoms with Gasteiger partial charge < -0.3 is 15.0 Å². The largest absolute Gasteiger partial charge is 0.448 e. The molecule has 0 atom stereocenters. The highest BCUT2D eigenvalue weighted by atomic mass is 16.6. The molecular formula is C13H22N2O3. The molecule has 5 nitrogen and oxygen atoms in total. The van der Waals surface area contributed by atoms with Crippen molar-refractivity contribution < 1.29 is 14.3 Å². The summed E-state index contributed by atoms with van der Waals surface area (Å²) in [5, 5.41) is 2.46. The van der Waals surface area contributed by atoms with Crippen LogP contribution in [0.2, 0.25) is 0 Å². The summed E-state index contributed by atoms with van der Waals surface area (Å²) in [6.07, 6.45) is 8.14. The maximum absolute atomic E-state index is 11.4. The molecule has 0 aromatic rings. The molecular weight excluding hydrogens is 232 g/mol. The van der Waals surface area contributed by atoms with Crippen molar-refractivity contribution >= 4 is 12.0 Å². The minimum Gasteiger partial charge on any atom is -0.448 e. The average molecular weight is 254 g/mol. The number of nitrogens with zero attached hydrogens (tertiary/aromatic N) is 1. The summed E-state index contributed by atoms with van der Waals surface area (Å²) < 4.78 is 4.40. The van der Waals surface area contributed by atoms with Gasteiger partial charge in [0, 0.05) is 19.0 Å². The summed E-state index contributed by atoms with van der Waals surface area (Å²) in [7, 11) is 0. The number of ether oxygens (including phenoxy) is 1. The van der Waals surface area contributed by atoms with Crippen LogP contribution in [0.4, 0.5) is 4.79 Å². The van der Waals surface area contributed by atoms with Crippen LogP contribution in [0.1, 0.15) is 44.9 Å². The summed E-state index contributed by atoms with van der Waals surface area (Å²) in [5.74, 6) is 0.405. The monoisotopic (exact) mass is 254 g/mol. The van der Waals surface area contributed by atoms with Crippen molar-refractivity contribution in [3.8, 4) is 0 Å². The maximum atomic E-state index is 11.4. The Labute approximate surface area is 108 Å². The van der Waals surface area contributed by atoms with E-state index < -0.39 is 0 Å². The number of rotatable bonds is 1. The van der Waals surface area contributed by atoms with Crippen molar-refractivity contribution in [2.75, 3.05) is 19.7 Å². The normalized spacial score (nSPS) is 24.3. The van der Waals surface area contributed by atoms with Crippen molar-refractivity contribution in [1.82, 2.24) is 10.2 Å². The fourth-order valence-corrected chi connectivity index (χ4v) is 2.80. The zero-order valence-corrected chi connectivity index (χ0v) is 10.8. The van der Waals surface area contributed by atoms with Gasteiger partial charge in [-0.2, -0.15) is 0 Å². The van der Waals surface area contributed by atoms with Crippen LogP contribution >= 0.6 is 0 Å². The molecule has 1 aliphatic carbocycles. The quantitative estimate of drug-likeness (QED) is 0.774. The number of nitrogens with one attached hydrogen (secondary N) is 1. The highest BCUT2D eigenvalue weighted by molar-refractivity contribution is 5.78. The third-order valence-electron chi connectivity index (χ3n) is 3.73. The predicted molar refractivity (Wildman–Crippen MR) is 67.2 cm³/mol. The molecule has 102 valence electrons. The van der Waals surface area contributed by atoms with Crippen LogP contribution in [0.3, 0.4) is 0 Å². The molecule has 2 amide bonds. The second-order valence-corrected chi connectivity index (χ2v) is 5.05. The Morgan fingerprint density at radius 1 is 1.11 bits per heavy atom. The number of hydrogen-bond donors (Lipinski definition) is 1. The summed E-state index contributed by atoms with van der Waals surface area (Å²) in [6, 6.07) is 0.605. The molecule has 2 aliphatic heterocycles. The van der Waals surface area contributed by atoms with E-state index in [-0.39, 0.29) is 6.09 Å². The highest BCUT2D eigenvalue weighted by Gasteiger charge is 2.28. The first-order chi connectivity index (χ1) is 8.77. The van der Waals surface area contributed by atoms with E-state index in [0.717, 1.165) is 19.4 Å². The maximum Gasteiger partial charge on any atom is 0.407 e. The molecule has 0 spiro atoms. The second-order valence-electron chi connectivity index (χ2n) is 5.05. The van der Waals surface area contributed by atoms with Crippen molar-refractivity contribution in [3.05, 3.63) is 0 Å². The van der Waals surface area contributed by atoms with E-state index in [1.165, 1.54) is 32.1 Å². The summed E-state index contributed by atoms with van der Waals surface area (Å²) in [6.45, 7) is 2.22. The first-order valence-electron chi connectivity index (χ1n) is 6.97. The van der Waals surface area contributed by atoms with Crippen LogP contribution in [0, 0.1) is 0 Å². The van der Waals surface area contributed by atoms with E-state index in [2.05, 4.69) is 15.0 Å². The number of alkyl carbamates (subject to hydrolysis) is 1. The van der Waals surface area contributed by atoms with E-state index in [1.807, 2.05) is 0 Å². The molecule has 0 aromatic carbocycles.